The molecule has 0 aliphatic carbocycles. The maximum Gasteiger partial charge on any atom is 0.252 e. The lowest BCUT2D eigenvalue weighted by atomic mass is 10.2. The number of piperidine rings is 1. The number of amides is 1. The van der Waals surface area contributed by atoms with Crippen molar-refractivity contribution in [3.05, 3.63) is 53.7 Å². The number of aromatic nitrogens is 1. The molecule has 3 heterocycles. The molecule has 2 aliphatic rings. The first-order valence-corrected chi connectivity index (χ1v) is 13.2. The summed E-state index contributed by atoms with van der Waals surface area (Å²) in [6.45, 7) is 8.53. The van der Waals surface area contributed by atoms with Crippen molar-refractivity contribution in [3.63, 3.8) is 0 Å². The Morgan fingerprint density at radius 3 is 2.36 bits per heavy atom. The number of anilines is 1. The van der Waals surface area contributed by atoms with Crippen molar-refractivity contribution in [2.45, 2.75) is 37.6 Å². The fourth-order valence-electron chi connectivity index (χ4n) is 4.40. The number of nitrogens with one attached hydrogen (secondary N) is 1. The van der Waals surface area contributed by atoms with Gasteiger partial charge in [0.1, 0.15) is 5.82 Å². The zero-order valence-electron chi connectivity index (χ0n) is 19.2. The van der Waals surface area contributed by atoms with Gasteiger partial charge in [0, 0.05) is 52.0 Å². The number of benzene rings is 1. The average molecular weight is 472 g/mol. The summed E-state index contributed by atoms with van der Waals surface area (Å²) >= 11 is 0. The number of likely N-dealkylation sites (N-methyl/N-ethyl adjacent to an activating group) is 1. The lowest BCUT2D eigenvalue weighted by molar-refractivity contribution is 0.0947. The molecule has 1 N–H and O–H groups in total. The molecule has 2 fully saturated rings. The largest absolute Gasteiger partial charge is 0.354 e. The third-order valence-electron chi connectivity index (χ3n) is 6.47. The number of sulfonamides is 1. The van der Waals surface area contributed by atoms with Crippen LogP contribution < -0.4 is 10.2 Å². The molecule has 2 saturated heterocycles. The minimum Gasteiger partial charge on any atom is -0.354 e. The Bertz CT molecular complexity index is 1040. The Kier molecular flexibility index (Phi) is 7.62. The van der Waals surface area contributed by atoms with Crippen molar-refractivity contribution in [1.29, 1.82) is 0 Å². The van der Waals surface area contributed by atoms with E-state index in [2.05, 4.69) is 27.0 Å². The van der Waals surface area contributed by atoms with E-state index < -0.39 is 15.9 Å². The van der Waals surface area contributed by atoms with E-state index in [1.807, 2.05) is 12.1 Å². The van der Waals surface area contributed by atoms with Crippen molar-refractivity contribution in [2.24, 2.45) is 0 Å². The molecule has 1 aromatic carbocycles. The Labute approximate surface area is 196 Å². The first-order valence-electron chi connectivity index (χ1n) is 11.8. The number of hydrogen-bond acceptors (Lipinski definition) is 6. The van der Waals surface area contributed by atoms with Crippen LogP contribution in [0.4, 0.5) is 5.82 Å². The molecule has 0 atom stereocenters. The fourth-order valence-corrected chi connectivity index (χ4v) is 6.11. The summed E-state index contributed by atoms with van der Waals surface area (Å²) in [5, 5.41) is 2.86. The predicted molar refractivity (Wildman–Crippen MR) is 129 cm³/mol. The van der Waals surface area contributed by atoms with E-state index in [1.54, 1.807) is 24.4 Å². The van der Waals surface area contributed by atoms with Crippen molar-refractivity contribution in [1.82, 2.24) is 19.5 Å². The average Bonchev–Trinajstić information content (AvgIpc) is 2.88. The molecule has 1 amide bonds. The van der Waals surface area contributed by atoms with Crippen molar-refractivity contribution >= 4 is 21.7 Å². The van der Waals surface area contributed by atoms with E-state index >= 15 is 0 Å². The molecule has 1 aromatic heterocycles. The van der Waals surface area contributed by atoms with E-state index in [4.69, 9.17) is 0 Å². The molecule has 33 heavy (non-hydrogen) atoms. The first kappa shape index (κ1) is 23.7. The molecule has 0 unspecified atom stereocenters. The zero-order valence-corrected chi connectivity index (χ0v) is 20.1. The van der Waals surface area contributed by atoms with Gasteiger partial charge < -0.3 is 15.1 Å². The molecular formula is C24H33N5O3S. The molecule has 2 aliphatic heterocycles. The summed E-state index contributed by atoms with van der Waals surface area (Å²) in [5.41, 5.74) is 1.05. The minimum absolute atomic E-state index is 0.0732. The topological polar surface area (TPSA) is 85.8 Å². The second-order valence-electron chi connectivity index (χ2n) is 8.59. The van der Waals surface area contributed by atoms with Crippen LogP contribution in [0.25, 0.3) is 0 Å². The van der Waals surface area contributed by atoms with Crippen LogP contribution >= 0.6 is 0 Å². The Morgan fingerprint density at radius 1 is 0.970 bits per heavy atom. The number of carbonyl (C=O) groups excluding carboxylic acids is 1. The van der Waals surface area contributed by atoms with Gasteiger partial charge in [-0.25, -0.2) is 13.4 Å². The number of carbonyl (C=O) groups is 1. The molecule has 0 bridgehead atoms. The summed E-state index contributed by atoms with van der Waals surface area (Å²) < 4.78 is 27.8. The van der Waals surface area contributed by atoms with Gasteiger partial charge in [-0.1, -0.05) is 31.5 Å². The van der Waals surface area contributed by atoms with Gasteiger partial charge >= 0.3 is 0 Å². The summed E-state index contributed by atoms with van der Waals surface area (Å²) in [5.74, 6) is 0.546. The fraction of sp³-hybridized carbons (Fsp3) is 0.500. The molecule has 2 aromatic rings. The minimum atomic E-state index is -3.69. The number of hydrogen-bond donors (Lipinski definition) is 1. The Morgan fingerprint density at radius 2 is 1.70 bits per heavy atom. The molecule has 4 rings (SSSR count). The summed E-state index contributed by atoms with van der Waals surface area (Å²) in [6.07, 6.45) is 4.52. The number of pyridine rings is 1. The van der Waals surface area contributed by atoms with E-state index in [1.165, 1.54) is 10.4 Å². The van der Waals surface area contributed by atoms with E-state index in [-0.39, 0.29) is 17.0 Å². The number of rotatable bonds is 7. The normalized spacial score (nSPS) is 18.3. The van der Waals surface area contributed by atoms with Crippen molar-refractivity contribution < 1.29 is 13.2 Å². The maximum atomic E-state index is 13.1. The highest BCUT2D eigenvalue weighted by Crippen LogP contribution is 2.23. The summed E-state index contributed by atoms with van der Waals surface area (Å²) in [7, 11) is -3.69. The van der Waals surface area contributed by atoms with Gasteiger partial charge in [-0.05, 0) is 43.1 Å². The van der Waals surface area contributed by atoms with E-state index in [0.717, 1.165) is 63.4 Å². The lowest BCUT2D eigenvalue weighted by Gasteiger charge is -2.34. The number of piperazine rings is 1. The smallest absolute Gasteiger partial charge is 0.252 e. The molecular weight excluding hydrogens is 438 g/mol. The third kappa shape index (κ3) is 5.54. The Hall–Kier alpha value is -2.49. The zero-order chi connectivity index (χ0) is 23.3. The lowest BCUT2D eigenvalue weighted by Crippen LogP contribution is -2.46. The maximum absolute atomic E-state index is 13.1. The predicted octanol–water partition coefficient (Wildman–Crippen LogP) is 2.33. The van der Waals surface area contributed by atoms with Gasteiger partial charge in [-0.2, -0.15) is 4.31 Å². The second kappa shape index (κ2) is 10.6. The van der Waals surface area contributed by atoms with Crippen LogP contribution in [0.3, 0.4) is 0 Å². The molecule has 0 radical (unpaired) electrons. The molecule has 0 spiro atoms. The van der Waals surface area contributed by atoms with Crippen molar-refractivity contribution in [3.8, 4) is 0 Å². The van der Waals surface area contributed by atoms with Crippen LogP contribution in [0, 0.1) is 0 Å². The van der Waals surface area contributed by atoms with Gasteiger partial charge in [-0.15, -0.1) is 0 Å². The van der Waals surface area contributed by atoms with E-state index in [0.29, 0.717) is 13.1 Å². The molecule has 178 valence electrons. The standard InChI is InChI=1S/C24H33N5O3S/c1-2-27-14-16-28(17-15-27)23-11-10-20(18-25-23)19-26-24(30)21-8-4-5-9-22(21)33(31,32)29-12-6-3-7-13-29/h4-5,8-11,18H,2-3,6-7,12-17,19H2,1H3,(H,26,30). The summed E-state index contributed by atoms with van der Waals surface area (Å²) in [6, 6.07) is 10.4. The Balaban J connectivity index is 1.39. The molecule has 8 nitrogen and oxygen atoms in total. The SMILES string of the molecule is CCN1CCN(c2ccc(CNC(=O)c3ccccc3S(=O)(=O)N3CCCCC3)cn2)CC1. The van der Waals surface area contributed by atoms with Crippen LogP contribution in [0.15, 0.2) is 47.5 Å². The van der Waals surface area contributed by atoms with Crippen molar-refractivity contribution in [2.75, 3.05) is 50.7 Å². The van der Waals surface area contributed by atoms with E-state index in [9.17, 15) is 13.2 Å². The quantitative estimate of drug-likeness (QED) is 0.667. The van der Waals surface area contributed by atoms with Crippen LogP contribution in [-0.4, -0.2) is 74.3 Å². The van der Waals surface area contributed by atoms with Crippen LogP contribution in [0.2, 0.25) is 0 Å². The van der Waals surface area contributed by atoms with Gasteiger partial charge in [0.05, 0.1) is 10.5 Å². The molecule has 0 saturated carbocycles. The van der Waals surface area contributed by atoms with Gasteiger partial charge in [-0.3, -0.25) is 4.79 Å². The van der Waals surface area contributed by atoms with Crippen LogP contribution in [-0.2, 0) is 16.6 Å². The van der Waals surface area contributed by atoms with Crippen LogP contribution in [0.5, 0.6) is 0 Å². The third-order valence-corrected chi connectivity index (χ3v) is 8.43. The molecule has 9 heteroatoms. The first-order chi connectivity index (χ1) is 16.0. The van der Waals surface area contributed by atoms with Gasteiger partial charge in [0.25, 0.3) is 5.91 Å². The number of nitrogens with zero attached hydrogens (tertiary/aromatic N) is 4. The highest BCUT2D eigenvalue weighted by molar-refractivity contribution is 7.89. The van der Waals surface area contributed by atoms with Gasteiger partial charge in [0.15, 0.2) is 0 Å². The highest BCUT2D eigenvalue weighted by Gasteiger charge is 2.29. The van der Waals surface area contributed by atoms with Gasteiger partial charge in [0.2, 0.25) is 10.0 Å². The highest BCUT2D eigenvalue weighted by atomic mass is 32.2. The van der Waals surface area contributed by atoms with Crippen LogP contribution in [0.1, 0.15) is 42.1 Å². The summed E-state index contributed by atoms with van der Waals surface area (Å²) in [4.78, 5) is 22.3. The second-order valence-corrected chi connectivity index (χ2v) is 10.5. The monoisotopic (exact) mass is 471 g/mol.